The molecule has 3 rings (SSSR count). The van der Waals surface area contributed by atoms with Crippen LogP contribution in [0.3, 0.4) is 0 Å². The summed E-state index contributed by atoms with van der Waals surface area (Å²) in [5.41, 5.74) is -1.66. The van der Waals surface area contributed by atoms with Crippen LogP contribution in [-0.2, 0) is 9.53 Å². The summed E-state index contributed by atoms with van der Waals surface area (Å²) in [6, 6.07) is 7.49. The van der Waals surface area contributed by atoms with Crippen LogP contribution in [0.2, 0.25) is 0 Å². The number of alkyl halides is 3. The van der Waals surface area contributed by atoms with Crippen molar-refractivity contribution >= 4 is 11.8 Å². The molecule has 0 saturated heterocycles. The van der Waals surface area contributed by atoms with E-state index in [4.69, 9.17) is 4.74 Å². The Labute approximate surface area is 162 Å². The van der Waals surface area contributed by atoms with E-state index in [1.165, 1.54) is 0 Å². The first kappa shape index (κ1) is 20.6. The monoisotopic (exact) mass is 398 g/mol. The molecule has 0 aliphatic heterocycles. The Morgan fingerprint density at radius 3 is 2.43 bits per heavy atom. The first-order valence-electron chi connectivity index (χ1n) is 9.50. The maximum Gasteiger partial charge on any atom is 0.417 e. The molecule has 5 nitrogen and oxygen atoms in total. The minimum absolute atomic E-state index is 0.143. The second-order valence-electron chi connectivity index (χ2n) is 7.64. The molecule has 2 saturated carbocycles. The zero-order valence-corrected chi connectivity index (χ0v) is 15.9. The molecular weight excluding hydrogens is 373 g/mol. The molecule has 8 heteroatoms. The number of methoxy groups -OCH3 is 1. The van der Waals surface area contributed by atoms with E-state index >= 15 is 0 Å². The number of hydrogen-bond acceptors (Lipinski definition) is 3. The molecule has 5 atom stereocenters. The second-order valence-corrected chi connectivity index (χ2v) is 7.64. The van der Waals surface area contributed by atoms with E-state index in [2.05, 4.69) is 10.6 Å². The fourth-order valence-electron chi connectivity index (χ4n) is 4.64. The van der Waals surface area contributed by atoms with E-state index in [0.717, 1.165) is 7.11 Å². The molecule has 1 aromatic carbocycles. The minimum atomic E-state index is -4.42. The molecule has 2 amide bonds. The number of carbonyl (C=O) groups excluding carboxylic acids is 2. The lowest BCUT2D eigenvalue weighted by Crippen LogP contribution is -2.56. The number of fused-ring (bicyclic) bond motifs is 2. The molecular formula is C20H25F3N2O3. The number of rotatable bonds is 6. The highest BCUT2D eigenvalue weighted by atomic mass is 19.4. The quantitative estimate of drug-likeness (QED) is 0.774. The van der Waals surface area contributed by atoms with Gasteiger partial charge in [0, 0.05) is 18.7 Å². The van der Waals surface area contributed by atoms with Crippen molar-refractivity contribution in [3.05, 3.63) is 35.9 Å². The summed E-state index contributed by atoms with van der Waals surface area (Å²) in [6.45, 7) is 1.77. The molecule has 28 heavy (non-hydrogen) atoms. The summed E-state index contributed by atoms with van der Waals surface area (Å²) in [6.07, 6.45) is -3.57. The number of ether oxygens (including phenoxy) is 1. The van der Waals surface area contributed by atoms with Gasteiger partial charge in [-0.2, -0.15) is 13.2 Å². The fourth-order valence-corrected chi connectivity index (χ4v) is 4.64. The number of carbonyl (C=O) groups is 2. The van der Waals surface area contributed by atoms with E-state index < -0.39 is 23.7 Å². The third-order valence-electron chi connectivity index (χ3n) is 6.16. The van der Waals surface area contributed by atoms with Crippen molar-refractivity contribution in [3.63, 3.8) is 0 Å². The van der Waals surface area contributed by atoms with Crippen LogP contribution in [0.25, 0.3) is 0 Å². The van der Waals surface area contributed by atoms with E-state index in [1.807, 2.05) is 0 Å². The van der Waals surface area contributed by atoms with Gasteiger partial charge in [0.2, 0.25) is 5.91 Å². The first-order valence-corrected chi connectivity index (χ1v) is 9.50. The number of halogens is 3. The maximum atomic E-state index is 13.5. The lowest BCUT2D eigenvalue weighted by Gasteiger charge is -2.40. The van der Waals surface area contributed by atoms with E-state index in [-0.39, 0.29) is 36.6 Å². The first-order chi connectivity index (χ1) is 13.2. The van der Waals surface area contributed by atoms with Crippen LogP contribution in [0.4, 0.5) is 13.2 Å². The average molecular weight is 398 g/mol. The normalized spacial score (nSPS) is 30.1. The molecule has 2 aliphatic carbocycles. The summed E-state index contributed by atoms with van der Waals surface area (Å²) in [5, 5.41) is 5.55. The molecule has 0 aromatic heterocycles. The summed E-state index contributed by atoms with van der Waals surface area (Å²) in [4.78, 5) is 24.9. The van der Waals surface area contributed by atoms with Crippen LogP contribution < -0.4 is 10.6 Å². The standard InChI is InChI=1S/C20H25F3N2O3/c1-3-15(24-17(26)12-7-5-4-6-8-12)18(27)25-16-10-14-9-13(16)11-19(14,28-2)20(21,22)23/h4-8,13-16H,3,9-11H2,1-2H3,(H,24,26)(H,25,27)/t13-,14-,15-,16+,19-/m0/s1. The van der Waals surface area contributed by atoms with Crippen LogP contribution in [0, 0.1) is 11.8 Å². The van der Waals surface area contributed by atoms with E-state index in [1.54, 1.807) is 37.3 Å². The third-order valence-corrected chi connectivity index (χ3v) is 6.16. The van der Waals surface area contributed by atoms with Crippen molar-refractivity contribution < 1.29 is 27.5 Å². The van der Waals surface area contributed by atoms with Crippen LogP contribution in [0.1, 0.15) is 43.0 Å². The minimum Gasteiger partial charge on any atom is -0.368 e. The fraction of sp³-hybridized carbons (Fsp3) is 0.600. The van der Waals surface area contributed by atoms with Crippen molar-refractivity contribution in [2.24, 2.45) is 11.8 Å². The predicted molar refractivity (Wildman–Crippen MR) is 96.5 cm³/mol. The molecule has 0 unspecified atom stereocenters. The van der Waals surface area contributed by atoms with Gasteiger partial charge in [0.05, 0.1) is 0 Å². The van der Waals surface area contributed by atoms with Crippen LogP contribution in [0.15, 0.2) is 30.3 Å². The Bertz CT molecular complexity index is 725. The Morgan fingerprint density at radius 2 is 1.93 bits per heavy atom. The summed E-state index contributed by atoms with van der Waals surface area (Å²) in [7, 11) is 1.11. The highest BCUT2D eigenvalue weighted by Gasteiger charge is 2.68. The lowest BCUT2D eigenvalue weighted by atomic mass is 9.81. The Morgan fingerprint density at radius 1 is 1.25 bits per heavy atom. The Kier molecular flexibility index (Phi) is 5.70. The molecule has 1 aromatic rings. The van der Waals surface area contributed by atoms with Crippen molar-refractivity contribution in [1.82, 2.24) is 10.6 Å². The number of hydrogen-bond donors (Lipinski definition) is 2. The molecule has 0 spiro atoms. The summed E-state index contributed by atoms with van der Waals surface area (Å²) in [5.74, 6) is -1.66. The van der Waals surface area contributed by atoms with Gasteiger partial charge in [-0.1, -0.05) is 25.1 Å². The average Bonchev–Trinajstić information content (AvgIpc) is 3.24. The van der Waals surface area contributed by atoms with Crippen LogP contribution >= 0.6 is 0 Å². The van der Waals surface area contributed by atoms with Crippen LogP contribution in [0.5, 0.6) is 0 Å². The van der Waals surface area contributed by atoms with Gasteiger partial charge >= 0.3 is 6.18 Å². The van der Waals surface area contributed by atoms with Crippen molar-refractivity contribution in [2.75, 3.05) is 7.11 Å². The number of amides is 2. The van der Waals surface area contributed by atoms with Gasteiger partial charge in [0.1, 0.15) is 6.04 Å². The van der Waals surface area contributed by atoms with Gasteiger partial charge < -0.3 is 15.4 Å². The topological polar surface area (TPSA) is 67.4 Å². The lowest BCUT2D eigenvalue weighted by molar-refractivity contribution is -0.287. The molecule has 0 radical (unpaired) electrons. The molecule has 2 aliphatic rings. The SMILES string of the molecule is CC[C@H](NC(=O)c1ccccc1)C(=O)N[C@@H]1C[C@@H]2C[C@H]1C[C@@]2(OC)C(F)(F)F. The molecule has 154 valence electrons. The molecule has 0 heterocycles. The summed E-state index contributed by atoms with van der Waals surface area (Å²) < 4.78 is 45.4. The van der Waals surface area contributed by atoms with E-state index in [0.29, 0.717) is 18.4 Å². The number of benzene rings is 1. The highest BCUT2D eigenvalue weighted by molar-refractivity contribution is 5.97. The van der Waals surface area contributed by atoms with Crippen LogP contribution in [-0.4, -0.2) is 42.8 Å². The van der Waals surface area contributed by atoms with Gasteiger partial charge in [-0.15, -0.1) is 0 Å². The zero-order valence-electron chi connectivity index (χ0n) is 15.9. The largest absolute Gasteiger partial charge is 0.417 e. The smallest absolute Gasteiger partial charge is 0.368 e. The van der Waals surface area contributed by atoms with Gasteiger partial charge in [0.15, 0.2) is 5.60 Å². The van der Waals surface area contributed by atoms with Gasteiger partial charge in [-0.25, -0.2) is 0 Å². The molecule has 2 N–H and O–H groups in total. The Hall–Kier alpha value is -2.09. The van der Waals surface area contributed by atoms with Gasteiger partial charge in [-0.05, 0) is 49.7 Å². The highest BCUT2D eigenvalue weighted by Crippen LogP contribution is 2.58. The maximum absolute atomic E-state index is 13.5. The van der Waals surface area contributed by atoms with Gasteiger partial charge in [-0.3, -0.25) is 9.59 Å². The van der Waals surface area contributed by atoms with E-state index in [9.17, 15) is 22.8 Å². The van der Waals surface area contributed by atoms with Crippen molar-refractivity contribution in [1.29, 1.82) is 0 Å². The van der Waals surface area contributed by atoms with Gasteiger partial charge in [0.25, 0.3) is 5.91 Å². The second kappa shape index (κ2) is 7.73. The Balaban J connectivity index is 1.60. The van der Waals surface area contributed by atoms with Crippen molar-refractivity contribution in [3.8, 4) is 0 Å². The zero-order chi connectivity index (χ0) is 20.5. The predicted octanol–water partition coefficient (Wildman–Crippen LogP) is 3.06. The summed E-state index contributed by atoms with van der Waals surface area (Å²) >= 11 is 0. The molecule has 2 fully saturated rings. The third kappa shape index (κ3) is 3.62. The molecule has 2 bridgehead atoms. The number of nitrogens with one attached hydrogen (secondary N) is 2. The van der Waals surface area contributed by atoms with Crippen molar-refractivity contribution in [2.45, 2.75) is 56.5 Å².